The van der Waals surface area contributed by atoms with E-state index in [4.69, 9.17) is 4.74 Å². The van der Waals surface area contributed by atoms with Gasteiger partial charge in [-0.1, -0.05) is 24.6 Å². The summed E-state index contributed by atoms with van der Waals surface area (Å²) in [6.07, 6.45) is -0.756. The monoisotopic (exact) mass is 447 g/mol. The number of halogens is 3. The van der Waals surface area contributed by atoms with Crippen LogP contribution in [-0.2, 0) is 17.8 Å². The molecule has 0 fully saturated rings. The zero-order valence-corrected chi connectivity index (χ0v) is 18.0. The maximum atomic E-state index is 12.5. The van der Waals surface area contributed by atoms with Crippen molar-refractivity contribution in [2.75, 3.05) is 13.7 Å². The van der Waals surface area contributed by atoms with Gasteiger partial charge in [0.2, 0.25) is 5.91 Å². The molecule has 0 aromatic heterocycles. The van der Waals surface area contributed by atoms with Gasteiger partial charge in [-0.2, -0.15) is 0 Å². The number of rotatable bonds is 8. The van der Waals surface area contributed by atoms with E-state index in [1.165, 1.54) is 35.2 Å². The number of benzene rings is 2. The van der Waals surface area contributed by atoms with Crippen LogP contribution >= 0.6 is 0 Å². The Morgan fingerprint density at radius 3 is 2.47 bits per heavy atom. The maximum absolute atomic E-state index is 12.5. The fourth-order valence-electron chi connectivity index (χ4n) is 3.26. The van der Waals surface area contributed by atoms with E-state index in [-0.39, 0.29) is 31.2 Å². The molecule has 0 spiro atoms. The van der Waals surface area contributed by atoms with Gasteiger partial charge < -0.3 is 19.5 Å². The molecule has 0 heterocycles. The Hall–Kier alpha value is -3.44. The zero-order valence-electron chi connectivity index (χ0n) is 18.0. The number of amides is 1. The Morgan fingerprint density at radius 1 is 1.28 bits per heavy atom. The predicted molar refractivity (Wildman–Crippen MR) is 115 cm³/mol. The fraction of sp³-hybridized carbons (Fsp3) is 0.292. The fourth-order valence-corrected chi connectivity index (χ4v) is 3.26. The molecule has 32 heavy (non-hydrogen) atoms. The minimum absolute atomic E-state index is 0.149. The predicted octanol–water partition coefficient (Wildman–Crippen LogP) is 4.60. The van der Waals surface area contributed by atoms with Crippen LogP contribution in [0.2, 0.25) is 0 Å². The molecule has 2 rings (SSSR count). The Labute approximate surface area is 185 Å². The number of hydrogen-bond acceptors (Lipinski definition) is 4. The molecule has 0 atom stereocenters. The maximum Gasteiger partial charge on any atom is 0.573 e. The van der Waals surface area contributed by atoms with Gasteiger partial charge >= 0.3 is 6.36 Å². The van der Waals surface area contributed by atoms with Gasteiger partial charge in [-0.15, -0.1) is 13.2 Å². The third-order valence-electron chi connectivity index (χ3n) is 4.70. The van der Waals surface area contributed by atoms with Crippen molar-refractivity contribution in [2.24, 2.45) is 0 Å². The highest BCUT2D eigenvalue weighted by molar-refractivity contribution is 5.86. The Bertz CT molecular complexity index is 1030. The normalized spacial score (nSPS) is 10.7. The molecule has 0 aliphatic carbocycles. The second-order valence-electron chi connectivity index (χ2n) is 6.91. The summed E-state index contributed by atoms with van der Waals surface area (Å²) in [5.41, 5.74) is 3.41. The number of aliphatic hydroxyl groups excluding tert-OH is 1. The van der Waals surface area contributed by atoms with Crippen molar-refractivity contribution in [3.63, 3.8) is 0 Å². The molecule has 170 valence electrons. The summed E-state index contributed by atoms with van der Waals surface area (Å²) in [5, 5.41) is 9.59. The summed E-state index contributed by atoms with van der Waals surface area (Å²) < 4.78 is 47.0. The number of hydrogen-bond donors (Lipinski definition) is 1. The van der Waals surface area contributed by atoms with Gasteiger partial charge in [-0.05, 0) is 54.3 Å². The van der Waals surface area contributed by atoms with Crippen LogP contribution in [0.15, 0.2) is 43.0 Å². The molecule has 2 aromatic carbocycles. The molecule has 0 saturated heterocycles. The lowest BCUT2D eigenvalue weighted by Crippen LogP contribution is -2.25. The van der Waals surface area contributed by atoms with Crippen LogP contribution in [0, 0.1) is 19.0 Å². The van der Waals surface area contributed by atoms with Gasteiger partial charge in [0, 0.05) is 38.2 Å². The number of carbonyl (C=O) groups is 1. The van der Waals surface area contributed by atoms with E-state index in [2.05, 4.69) is 23.3 Å². The molecule has 0 aliphatic rings. The quantitative estimate of drug-likeness (QED) is 0.475. The Balaban J connectivity index is 2.63. The van der Waals surface area contributed by atoms with E-state index in [1.807, 2.05) is 6.07 Å². The topological polar surface area (TPSA) is 59.0 Å². The molecule has 0 radical (unpaired) electrons. The summed E-state index contributed by atoms with van der Waals surface area (Å²) in [4.78, 5) is 13.5. The molecule has 8 heteroatoms. The highest BCUT2D eigenvalue weighted by Gasteiger charge is 2.31. The first-order valence-corrected chi connectivity index (χ1v) is 9.69. The highest BCUT2D eigenvalue weighted by atomic mass is 19.4. The van der Waals surface area contributed by atoms with Crippen molar-refractivity contribution in [2.45, 2.75) is 33.2 Å². The Morgan fingerprint density at radius 2 is 1.94 bits per heavy atom. The van der Waals surface area contributed by atoms with Crippen LogP contribution in [-0.4, -0.2) is 35.9 Å². The second-order valence-corrected chi connectivity index (χ2v) is 6.91. The van der Waals surface area contributed by atoms with Gasteiger partial charge in [0.05, 0.1) is 0 Å². The lowest BCUT2D eigenvalue weighted by Gasteiger charge is -2.22. The van der Waals surface area contributed by atoms with Gasteiger partial charge in [-0.25, -0.2) is 0 Å². The highest BCUT2D eigenvalue weighted by Crippen LogP contribution is 2.37. The standard InChI is InChI=1S/C24H24F3NO4/c1-5-13-31-23-16(3)21(17-7-9-19(10-8-17)32-24(25,26)27)14-18(20(23)11-12-29)15-28(4)22(30)6-2/h6-10,14,29H,2,11-12,15H2,1,3-4H3. The molecule has 5 nitrogen and oxygen atoms in total. The molecule has 0 aliphatic heterocycles. The summed E-state index contributed by atoms with van der Waals surface area (Å²) >= 11 is 0. The molecule has 2 aromatic rings. The third-order valence-corrected chi connectivity index (χ3v) is 4.70. The molecule has 1 N–H and O–H groups in total. The van der Waals surface area contributed by atoms with Crippen molar-refractivity contribution in [1.29, 1.82) is 0 Å². The lowest BCUT2D eigenvalue weighted by molar-refractivity contribution is -0.274. The van der Waals surface area contributed by atoms with E-state index in [9.17, 15) is 23.1 Å². The van der Waals surface area contributed by atoms with E-state index in [0.717, 1.165) is 0 Å². The SMILES string of the molecule is C=CC(=O)N(C)Cc1cc(-c2ccc(OC(F)(F)F)cc2)c(C)c(OC#CC)c1CCO. The Kier molecular flexibility index (Phi) is 8.33. The van der Waals surface area contributed by atoms with E-state index >= 15 is 0 Å². The van der Waals surface area contributed by atoms with Crippen LogP contribution in [0.1, 0.15) is 23.6 Å². The van der Waals surface area contributed by atoms with E-state index in [0.29, 0.717) is 33.6 Å². The van der Waals surface area contributed by atoms with Gasteiger partial charge in [0.25, 0.3) is 0 Å². The van der Waals surface area contributed by atoms with Crippen molar-refractivity contribution in [1.82, 2.24) is 4.90 Å². The van der Waals surface area contributed by atoms with Crippen LogP contribution in [0.25, 0.3) is 11.1 Å². The summed E-state index contributed by atoms with van der Waals surface area (Å²) in [6, 6.07) is 7.30. The minimum Gasteiger partial charge on any atom is -0.407 e. The van der Waals surface area contributed by atoms with Crippen molar-refractivity contribution in [3.8, 4) is 34.7 Å². The van der Waals surface area contributed by atoms with E-state index in [1.54, 1.807) is 20.9 Å². The molecular formula is C24H24F3NO4. The van der Waals surface area contributed by atoms with E-state index < -0.39 is 6.36 Å². The smallest absolute Gasteiger partial charge is 0.407 e. The largest absolute Gasteiger partial charge is 0.573 e. The van der Waals surface area contributed by atoms with Crippen molar-refractivity contribution >= 4 is 5.91 Å². The lowest BCUT2D eigenvalue weighted by atomic mass is 9.91. The number of aliphatic hydroxyl groups is 1. The van der Waals surface area contributed by atoms with Crippen LogP contribution in [0.4, 0.5) is 13.2 Å². The first kappa shape index (κ1) is 24.8. The minimum atomic E-state index is -4.78. The average Bonchev–Trinajstić information content (AvgIpc) is 2.74. The number of alkyl halides is 3. The first-order chi connectivity index (χ1) is 15.1. The first-order valence-electron chi connectivity index (χ1n) is 9.69. The summed E-state index contributed by atoms with van der Waals surface area (Å²) in [7, 11) is 1.61. The van der Waals surface area contributed by atoms with Gasteiger partial charge in [0.1, 0.15) is 17.6 Å². The molecular weight excluding hydrogens is 423 g/mol. The zero-order chi connectivity index (χ0) is 23.9. The summed E-state index contributed by atoms with van der Waals surface area (Å²) in [5.74, 6) is 2.48. The van der Waals surface area contributed by atoms with Gasteiger partial charge in [-0.3, -0.25) is 4.79 Å². The van der Waals surface area contributed by atoms with Gasteiger partial charge in [0.15, 0.2) is 0 Å². The average molecular weight is 447 g/mol. The molecule has 0 unspecified atom stereocenters. The van der Waals surface area contributed by atoms with Crippen LogP contribution in [0.3, 0.4) is 0 Å². The molecule has 0 saturated carbocycles. The number of nitrogens with zero attached hydrogens (tertiary/aromatic N) is 1. The number of carbonyl (C=O) groups excluding carboxylic acids is 1. The number of likely N-dealkylation sites (N-methyl/N-ethyl adjacent to an activating group) is 1. The van der Waals surface area contributed by atoms with Crippen LogP contribution in [0.5, 0.6) is 11.5 Å². The van der Waals surface area contributed by atoms with Crippen LogP contribution < -0.4 is 9.47 Å². The third kappa shape index (κ3) is 6.28. The molecule has 1 amide bonds. The summed E-state index contributed by atoms with van der Waals surface area (Å²) in [6.45, 7) is 6.96. The van der Waals surface area contributed by atoms with Crippen molar-refractivity contribution < 1.29 is 32.5 Å². The van der Waals surface area contributed by atoms with Crippen molar-refractivity contribution in [3.05, 3.63) is 59.7 Å². The molecule has 0 bridgehead atoms. The number of ether oxygens (including phenoxy) is 2. The second kappa shape index (κ2) is 10.7.